The summed E-state index contributed by atoms with van der Waals surface area (Å²) in [6, 6.07) is 9.51. The summed E-state index contributed by atoms with van der Waals surface area (Å²) in [5, 5.41) is 2.05. The lowest BCUT2D eigenvalue weighted by Crippen LogP contribution is -2.27. The van der Waals surface area contributed by atoms with Gasteiger partial charge in [0.25, 0.3) is 0 Å². The Labute approximate surface area is 125 Å². The number of benzene rings is 1. The molecule has 0 atom stereocenters. The van der Waals surface area contributed by atoms with Gasteiger partial charge in [0.15, 0.2) is 0 Å². The minimum absolute atomic E-state index is 0.0697. The van der Waals surface area contributed by atoms with Gasteiger partial charge in [-0.3, -0.25) is 4.79 Å². The van der Waals surface area contributed by atoms with Gasteiger partial charge >= 0.3 is 0 Å². The number of para-hydroxylation sites is 1. The van der Waals surface area contributed by atoms with Crippen molar-refractivity contribution in [2.45, 2.75) is 13.0 Å². The van der Waals surface area contributed by atoms with Crippen molar-refractivity contribution in [3.8, 4) is 0 Å². The number of rotatable bonds is 4. The van der Waals surface area contributed by atoms with E-state index in [4.69, 9.17) is 5.73 Å². The summed E-state index contributed by atoms with van der Waals surface area (Å²) in [6.45, 7) is 0.619. The van der Waals surface area contributed by atoms with Crippen LogP contribution in [0.5, 0.6) is 0 Å². The number of likely N-dealkylation sites (N-methyl/N-ethyl adjacent to an activating group) is 1. The monoisotopic (exact) mass is 338 g/mol. The van der Waals surface area contributed by atoms with Crippen LogP contribution in [0.4, 0.5) is 5.69 Å². The number of nitrogens with zero attached hydrogens (tertiary/aromatic N) is 1. The first-order valence-electron chi connectivity index (χ1n) is 5.86. The first-order valence-corrected chi connectivity index (χ1v) is 7.54. The van der Waals surface area contributed by atoms with Gasteiger partial charge in [0.1, 0.15) is 0 Å². The van der Waals surface area contributed by atoms with Gasteiger partial charge in [-0.25, -0.2) is 0 Å². The van der Waals surface area contributed by atoms with E-state index in [1.165, 1.54) is 0 Å². The van der Waals surface area contributed by atoms with Crippen LogP contribution in [0.15, 0.2) is 39.5 Å². The van der Waals surface area contributed by atoms with Crippen molar-refractivity contribution in [1.29, 1.82) is 0 Å². The fourth-order valence-corrected chi connectivity index (χ4v) is 2.98. The van der Waals surface area contributed by atoms with Crippen molar-refractivity contribution in [2.75, 3.05) is 12.8 Å². The van der Waals surface area contributed by atoms with Crippen LogP contribution in [-0.4, -0.2) is 17.9 Å². The summed E-state index contributed by atoms with van der Waals surface area (Å²) < 4.78 is 1.08. The number of amides is 1. The highest BCUT2D eigenvalue weighted by atomic mass is 79.9. The Morgan fingerprint density at radius 2 is 2.16 bits per heavy atom. The SMILES string of the molecule is CN(Cc1csc(Br)c1)C(=O)Cc1ccccc1N. The molecule has 0 saturated heterocycles. The third-order valence-electron chi connectivity index (χ3n) is 2.86. The van der Waals surface area contributed by atoms with Crippen molar-refractivity contribution >= 4 is 38.9 Å². The fraction of sp³-hybridized carbons (Fsp3) is 0.214. The van der Waals surface area contributed by atoms with Crippen molar-refractivity contribution < 1.29 is 4.79 Å². The molecule has 2 rings (SSSR count). The maximum Gasteiger partial charge on any atom is 0.227 e. The van der Waals surface area contributed by atoms with Crippen molar-refractivity contribution in [1.82, 2.24) is 4.90 Å². The molecule has 5 heteroatoms. The minimum atomic E-state index is 0.0697. The van der Waals surface area contributed by atoms with Gasteiger partial charge < -0.3 is 10.6 Å². The van der Waals surface area contributed by atoms with Gasteiger partial charge in [0.2, 0.25) is 5.91 Å². The second-order valence-corrected chi connectivity index (χ2v) is 6.67. The van der Waals surface area contributed by atoms with Crippen molar-refractivity contribution in [3.63, 3.8) is 0 Å². The quantitative estimate of drug-likeness (QED) is 0.869. The molecule has 3 nitrogen and oxygen atoms in total. The van der Waals surface area contributed by atoms with E-state index in [0.717, 1.165) is 14.9 Å². The van der Waals surface area contributed by atoms with E-state index < -0.39 is 0 Å². The van der Waals surface area contributed by atoms with Crippen molar-refractivity contribution in [3.05, 3.63) is 50.6 Å². The predicted octanol–water partition coefficient (Wildman–Crippen LogP) is 3.29. The van der Waals surface area contributed by atoms with Gasteiger partial charge in [-0.05, 0) is 44.6 Å². The van der Waals surface area contributed by atoms with E-state index in [9.17, 15) is 4.79 Å². The van der Waals surface area contributed by atoms with Gasteiger partial charge in [0, 0.05) is 19.3 Å². The van der Waals surface area contributed by atoms with E-state index in [1.807, 2.05) is 42.8 Å². The number of carbonyl (C=O) groups excluding carboxylic acids is 1. The molecule has 2 N–H and O–H groups in total. The van der Waals surface area contributed by atoms with Gasteiger partial charge in [-0.1, -0.05) is 18.2 Å². The highest BCUT2D eigenvalue weighted by molar-refractivity contribution is 9.11. The number of thiophene rings is 1. The van der Waals surface area contributed by atoms with Crippen LogP contribution in [0.2, 0.25) is 0 Å². The molecule has 0 radical (unpaired) electrons. The van der Waals surface area contributed by atoms with E-state index in [1.54, 1.807) is 16.2 Å². The standard InChI is InChI=1S/C14H15BrN2OS/c1-17(8-10-6-13(15)19-9-10)14(18)7-11-4-2-3-5-12(11)16/h2-6,9H,7-8,16H2,1H3. The molecule has 1 aromatic carbocycles. The average molecular weight is 339 g/mol. The first kappa shape index (κ1) is 14.1. The molecule has 2 aromatic rings. The maximum atomic E-state index is 12.1. The van der Waals surface area contributed by atoms with Crippen LogP contribution in [0.25, 0.3) is 0 Å². The maximum absolute atomic E-state index is 12.1. The Hall–Kier alpha value is -1.33. The summed E-state index contributed by atoms with van der Waals surface area (Å²) in [5.41, 5.74) is 8.53. The van der Waals surface area contributed by atoms with Crippen LogP contribution in [0.3, 0.4) is 0 Å². The van der Waals surface area contributed by atoms with Gasteiger partial charge in [-0.15, -0.1) is 11.3 Å². The third kappa shape index (κ3) is 3.81. The Morgan fingerprint density at radius 1 is 1.42 bits per heavy atom. The molecule has 0 unspecified atom stereocenters. The molecule has 0 aliphatic carbocycles. The van der Waals surface area contributed by atoms with E-state index in [2.05, 4.69) is 15.9 Å². The zero-order valence-electron chi connectivity index (χ0n) is 10.6. The molecule has 19 heavy (non-hydrogen) atoms. The summed E-state index contributed by atoms with van der Waals surface area (Å²) in [4.78, 5) is 13.9. The topological polar surface area (TPSA) is 46.3 Å². The molecular formula is C14H15BrN2OS. The van der Waals surface area contributed by atoms with E-state index in [-0.39, 0.29) is 5.91 Å². The molecule has 0 aliphatic rings. The highest BCUT2D eigenvalue weighted by Gasteiger charge is 2.12. The Bertz CT molecular complexity index is 582. The molecule has 1 aromatic heterocycles. The number of anilines is 1. The largest absolute Gasteiger partial charge is 0.398 e. The minimum Gasteiger partial charge on any atom is -0.398 e. The zero-order valence-corrected chi connectivity index (χ0v) is 13.0. The second kappa shape index (κ2) is 6.21. The lowest BCUT2D eigenvalue weighted by atomic mass is 10.1. The number of hydrogen-bond donors (Lipinski definition) is 1. The molecule has 1 amide bonds. The lowest BCUT2D eigenvalue weighted by molar-refractivity contribution is -0.129. The number of nitrogens with two attached hydrogens (primary N) is 1. The predicted molar refractivity (Wildman–Crippen MR) is 83.1 cm³/mol. The summed E-state index contributed by atoms with van der Waals surface area (Å²) >= 11 is 5.04. The van der Waals surface area contributed by atoms with Crippen LogP contribution >= 0.6 is 27.3 Å². The number of hydrogen-bond acceptors (Lipinski definition) is 3. The highest BCUT2D eigenvalue weighted by Crippen LogP contribution is 2.21. The Morgan fingerprint density at radius 3 is 2.79 bits per heavy atom. The van der Waals surface area contributed by atoms with E-state index in [0.29, 0.717) is 18.7 Å². The fourth-order valence-electron chi connectivity index (χ4n) is 1.78. The van der Waals surface area contributed by atoms with Gasteiger partial charge in [0.05, 0.1) is 10.2 Å². The van der Waals surface area contributed by atoms with Crippen LogP contribution < -0.4 is 5.73 Å². The smallest absolute Gasteiger partial charge is 0.227 e. The number of halogens is 1. The normalized spacial score (nSPS) is 10.4. The summed E-state index contributed by atoms with van der Waals surface area (Å²) in [6.07, 6.45) is 0.342. The van der Waals surface area contributed by atoms with Crippen LogP contribution in [0.1, 0.15) is 11.1 Å². The average Bonchev–Trinajstić information content (AvgIpc) is 2.77. The molecule has 0 fully saturated rings. The number of nitrogen functional groups attached to an aromatic ring is 1. The Kier molecular flexibility index (Phi) is 4.61. The molecule has 100 valence electrons. The Balaban J connectivity index is 1.98. The van der Waals surface area contributed by atoms with Crippen LogP contribution in [-0.2, 0) is 17.8 Å². The third-order valence-corrected chi connectivity index (χ3v) is 4.42. The molecule has 0 spiro atoms. The molecule has 1 heterocycles. The van der Waals surface area contributed by atoms with Gasteiger partial charge in [-0.2, -0.15) is 0 Å². The summed E-state index contributed by atoms with van der Waals surface area (Å²) in [5.74, 6) is 0.0697. The molecule has 0 bridgehead atoms. The molecular weight excluding hydrogens is 324 g/mol. The van der Waals surface area contributed by atoms with Crippen molar-refractivity contribution in [2.24, 2.45) is 0 Å². The molecule has 0 saturated carbocycles. The summed E-state index contributed by atoms with van der Waals surface area (Å²) in [7, 11) is 1.81. The second-order valence-electron chi connectivity index (χ2n) is 4.38. The zero-order chi connectivity index (χ0) is 13.8. The first-order chi connectivity index (χ1) is 9.06. The van der Waals surface area contributed by atoms with Crippen LogP contribution in [0, 0.1) is 0 Å². The number of carbonyl (C=O) groups is 1. The van der Waals surface area contributed by atoms with E-state index >= 15 is 0 Å². The lowest BCUT2D eigenvalue weighted by Gasteiger charge is -2.17. The molecule has 0 aliphatic heterocycles.